The summed E-state index contributed by atoms with van der Waals surface area (Å²) in [5, 5.41) is 6.80. The standard InChI is InChI=1S/C18H13Cl2N3O/c19-15-7-4-8-16(17(15)20)22-14-9-12(10-21-11-14)18(24)23-13-5-2-1-3-6-13/h1-11,22H,(H,23,24). The molecule has 0 bridgehead atoms. The van der Waals surface area contributed by atoms with Gasteiger partial charge in [0.2, 0.25) is 0 Å². The number of pyridine rings is 1. The first kappa shape index (κ1) is 16.3. The summed E-state index contributed by atoms with van der Waals surface area (Å²) in [6.07, 6.45) is 3.11. The van der Waals surface area contributed by atoms with E-state index in [2.05, 4.69) is 15.6 Å². The second-order valence-corrected chi connectivity index (χ2v) is 5.79. The molecule has 0 spiro atoms. The number of nitrogens with zero attached hydrogens (tertiary/aromatic N) is 1. The average molecular weight is 358 g/mol. The van der Waals surface area contributed by atoms with Crippen LogP contribution >= 0.6 is 23.2 Å². The topological polar surface area (TPSA) is 54.0 Å². The van der Waals surface area contributed by atoms with Gasteiger partial charge in [0, 0.05) is 11.9 Å². The Morgan fingerprint density at radius 3 is 2.50 bits per heavy atom. The number of rotatable bonds is 4. The van der Waals surface area contributed by atoms with Gasteiger partial charge >= 0.3 is 0 Å². The molecule has 0 radical (unpaired) electrons. The zero-order valence-corrected chi connectivity index (χ0v) is 14.0. The van der Waals surface area contributed by atoms with Crippen molar-refractivity contribution in [2.45, 2.75) is 0 Å². The van der Waals surface area contributed by atoms with Gasteiger partial charge in [-0.2, -0.15) is 0 Å². The Hall–Kier alpha value is -2.56. The molecule has 6 heteroatoms. The van der Waals surface area contributed by atoms with Gasteiger partial charge in [0.1, 0.15) is 0 Å². The van der Waals surface area contributed by atoms with Crippen LogP contribution in [-0.2, 0) is 0 Å². The summed E-state index contributed by atoms with van der Waals surface area (Å²) in [5.74, 6) is -0.241. The highest BCUT2D eigenvalue weighted by molar-refractivity contribution is 6.43. The van der Waals surface area contributed by atoms with Crippen molar-refractivity contribution in [1.29, 1.82) is 0 Å². The molecule has 0 atom stereocenters. The molecule has 0 saturated heterocycles. The van der Waals surface area contributed by atoms with Gasteiger partial charge in [-0.1, -0.05) is 47.5 Å². The van der Waals surface area contributed by atoms with Gasteiger partial charge in [0.05, 0.1) is 33.2 Å². The molecule has 0 fully saturated rings. The van der Waals surface area contributed by atoms with Crippen molar-refractivity contribution in [3.8, 4) is 0 Å². The third-order valence-electron chi connectivity index (χ3n) is 3.26. The molecule has 0 aliphatic rings. The van der Waals surface area contributed by atoms with Gasteiger partial charge in [-0.25, -0.2) is 0 Å². The molecule has 0 unspecified atom stereocenters. The lowest BCUT2D eigenvalue weighted by Gasteiger charge is -2.10. The second-order valence-electron chi connectivity index (χ2n) is 5.01. The molecule has 0 aliphatic heterocycles. The van der Waals surface area contributed by atoms with E-state index >= 15 is 0 Å². The van der Waals surface area contributed by atoms with Gasteiger partial charge in [0.25, 0.3) is 5.91 Å². The largest absolute Gasteiger partial charge is 0.353 e. The Bertz CT molecular complexity index is 869. The van der Waals surface area contributed by atoms with E-state index in [0.29, 0.717) is 27.0 Å². The highest BCUT2D eigenvalue weighted by Crippen LogP contribution is 2.31. The first-order chi connectivity index (χ1) is 11.6. The molecule has 120 valence electrons. The fourth-order valence-corrected chi connectivity index (χ4v) is 2.46. The molecule has 1 heterocycles. The second kappa shape index (κ2) is 7.34. The number of carbonyl (C=O) groups is 1. The lowest BCUT2D eigenvalue weighted by molar-refractivity contribution is 0.102. The number of hydrogen-bond donors (Lipinski definition) is 2. The summed E-state index contributed by atoms with van der Waals surface area (Å²) in [7, 11) is 0. The molecule has 4 nitrogen and oxygen atoms in total. The van der Waals surface area contributed by atoms with Gasteiger partial charge < -0.3 is 10.6 Å². The van der Waals surface area contributed by atoms with E-state index in [4.69, 9.17) is 23.2 Å². The minimum atomic E-state index is -0.241. The summed E-state index contributed by atoms with van der Waals surface area (Å²) in [5.41, 5.74) is 2.44. The molecule has 3 aromatic rings. The fraction of sp³-hybridized carbons (Fsp3) is 0. The number of nitrogens with one attached hydrogen (secondary N) is 2. The van der Waals surface area contributed by atoms with Crippen LogP contribution in [0.2, 0.25) is 10.0 Å². The van der Waals surface area contributed by atoms with Crippen LogP contribution in [0.1, 0.15) is 10.4 Å². The zero-order chi connectivity index (χ0) is 16.9. The number of para-hydroxylation sites is 1. The Labute approximate surface area is 149 Å². The van der Waals surface area contributed by atoms with E-state index < -0.39 is 0 Å². The molecule has 0 saturated carbocycles. The lowest BCUT2D eigenvalue weighted by atomic mass is 10.2. The van der Waals surface area contributed by atoms with Crippen molar-refractivity contribution >= 4 is 46.2 Å². The monoisotopic (exact) mass is 357 g/mol. The highest BCUT2D eigenvalue weighted by atomic mass is 35.5. The summed E-state index contributed by atoms with van der Waals surface area (Å²) < 4.78 is 0. The van der Waals surface area contributed by atoms with Crippen LogP contribution in [0.5, 0.6) is 0 Å². The van der Waals surface area contributed by atoms with Crippen LogP contribution in [0.3, 0.4) is 0 Å². The maximum atomic E-state index is 12.3. The SMILES string of the molecule is O=C(Nc1ccccc1)c1cncc(Nc2cccc(Cl)c2Cl)c1. The molecule has 1 aromatic heterocycles. The smallest absolute Gasteiger partial charge is 0.257 e. The van der Waals surface area contributed by atoms with Crippen molar-refractivity contribution in [3.63, 3.8) is 0 Å². The molecular formula is C18H13Cl2N3O. The quantitative estimate of drug-likeness (QED) is 0.658. The predicted octanol–water partition coefficient (Wildman–Crippen LogP) is 5.38. The molecule has 0 aliphatic carbocycles. The van der Waals surface area contributed by atoms with E-state index in [-0.39, 0.29) is 5.91 Å². The van der Waals surface area contributed by atoms with Crippen LogP contribution < -0.4 is 10.6 Å². The van der Waals surface area contributed by atoms with E-state index in [9.17, 15) is 4.79 Å². The summed E-state index contributed by atoms with van der Waals surface area (Å²) in [6, 6.07) is 16.2. The number of anilines is 3. The van der Waals surface area contributed by atoms with Crippen molar-refractivity contribution < 1.29 is 4.79 Å². The predicted molar refractivity (Wildman–Crippen MR) is 98.4 cm³/mol. The number of hydrogen-bond acceptors (Lipinski definition) is 3. The van der Waals surface area contributed by atoms with E-state index in [1.807, 2.05) is 30.3 Å². The minimum absolute atomic E-state index is 0.241. The zero-order valence-electron chi connectivity index (χ0n) is 12.5. The maximum Gasteiger partial charge on any atom is 0.257 e. The van der Waals surface area contributed by atoms with Crippen LogP contribution in [0.25, 0.3) is 0 Å². The van der Waals surface area contributed by atoms with Crippen molar-refractivity contribution in [2.24, 2.45) is 0 Å². The van der Waals surface area contributed by atoms with Crippen molar-refractivity contribution in [2.75, 3.05) is 10.6 Å². The van der Waals surface area contributed by atoms with Crippen LogP contribution in [0, 0.1) is 0 Å². The molecule has 2 N–H and O–H groups in total. The first-order valence-electron chi connectivity index (χ1n) is 7.16. The molecular weight excluding hydrogens is 345 g/mol. The molecule has 24 heavy (non-hydrogen) atoms. The van der Waals surface area contributed by atoms with E-state index in [1.54, 1.807) is 30.5 Å². The third kappa shape index (κ3) is 3.85. The minimum Gasteiger partial charge on any atom is -0.353 e. The normalized spacial score (nSPS) is 10.2. The number of amides is 1. The Morgan fingerprint density at radius 2 is 1.71 bits per heavy atom. The highest BCUT2D eigenvalue weighted by Gasteiger charge is 2.09. The first-order valence-corrected chi connectivity index (χ1v) is 7.91. The Kier molecular flexibility index (Phi) is 4.99. The number of benzene rings is 2. The molecule has 1 amide bonds. The summed E-state index contributed by atoms with van der Waals surface area (Å²) in [4.78, 5) is 16.4. The van der Waals surface area contributed by atoms with Gasteiger partial charge in [-0.05, 0) is 30.3 Å². The number of halogens is 2. The fourth-order valence-electron chi connectivity index (χ4n) is 2.11. The molecule has 2 aromatic carbocycles. The Balaban J connectivity index is 1.79. The summed E-state index contributed by atoms with van der Waals surface area (Å²) in [6.45, 7) is 0. The van der Waals surface area contributed by atoms with E-state index in [1.165, 1.54) is 6.20 Å². The Morgan fingerprint density at radius 1 is 0.917 bits per heavy atom. The van der Waals surface area contributed by atoms with Crippen molar-refractivity contribution in [1.82, 2.24) is 4.98 Å². The van der Waals surface area contributed by atoms with Crippen molar-refractivity contribution in [3.05, 3.63) is 82.6 Å². The third-order valence-corrected chi connectivity index (χ3v) is 4.08. The van der Waals surface area contributed by atoms with Gasteiger partial charge in [-0.15, -0.1) is 0 Å². The van der Waals surface area contributed by atoms with Crippen LogP contribution in [0.4, 0.5) is 17.1 Å². The lowest BCUT2D eigenvalue weighted by Crippen LogP contribution is -2.12. The van der Waals surface area contributed by atoms with Crippen LogP contribution in [-0.4, -0.2) is 10.9 Å². The van der Waals surface area contributed by atoms with Gasteiger partial charge in [0.15, 0.2) is 0 Å². The number of aromatic nitrogens is 1. The van der Waals surface area contributed by atoms with E-state index in [0.717, 1.165) is 5.69 Å². The van der Waals surface area contributed by atoms with Gasteiger partial charge in [-0.3, -0.25) is 9.78 Å². The number of carbonyl (C=O) groups excluding carboxylic acids is 1. The summed E-state index contributed by atoms with van der Waals surface area (Å²) >= 11 is 12.2. The van der Waals surface area contributed by atoms with Crippen LogP contribution in [0.15, 0.2) is 67.0 Å². The molecule has 3 rings (SSSR count). The average Bonchev–Trinajstić information content (AvgIpc) is 2.60. The maximum absolute atomic E-state index is 12.3.